The first-order valence-corrected chi connectivity index (χ1v) is 4.18. The molecule has 1 nitrogen and oxygen atoms in total. The molecule has 0 fully saturated rings. The summed E-state index contributed by atoms with van der Waals surface area (Å²) >= 11 is 5.82. The van der Waals surface area contributed by atoms with Crippen LogP contribution in [0.2, 0.25) is 0 Å². The quantitative estimate of drug-likeness (QED) is 0.591. The average molecular weight is 205 g/mol. The van der Waals surface area contributed by atoms with Crippen molar-refractivity contribution in [2.24, 2.45) is 0 Å². The molecule has 12 heavy (non-hydrogen) atoms. The van der Waals surface area contributed by atoms with Gasteiger partial charge in [-0.1, -0.05) is 29.8 Å². The van der Waals surface area contributed by atoms with E-state index in [-0.39, 0.29) is 18.0 Å². The van der Waals surface area contributed by atoms with Crippen LogP contribution in [0.15, 0.2) is 24.3 Å². The fraction of sp³-hybridized carbons (Fsp3) is 0.333. The van der Waals surface area contributed by atoms with Crippen LogP contribution in [0.4, 0.5) is 0 Å². The van der Waals surface area contributed by atoms with Gasteiger partial charge in [0.25, 0.3) is 0 Å². The first-order chi connectivity index (χ1) is 5.36. The highest BCUT2D eigenvalue weighted by Crippen LogP contribution is 2.27. The monoisotopic (exact) mass is 204 g/mol. The Morgan fingerprint density at radius 3 is 2.92 bits per heavy atom. The fourth-order valence-corrected chi connectivity index (χ4v) is 1.50. The van der Waals surface area contributed by atoms with Gasteiger partial charge < -0.3 is 4.74 Å². The lowest BCUT2D eigenvalue weighted by atomic mass is 10.1. The van der Waals surface area contributed by atoms with E-state index in [4.69, 9.17) is 16.3 Å². The molecular weight excluding hydrogens is 195 g/mol. The SMILES string of the molecule is Cl.ClC1CCc2ccccc2O1. The van der Waals surface area contributed by atoms with E-state index in [9.17, 15) is 0 Å². The van der Waals surface area contributed by atoms with Crippen molar-refractivity contribution in [3.63, 3.8) is 0 Å². The second-order valence-corrected chi connectivity index (χ2v) is 3.16. The minimum absolute atomic E-state index is 0. The topological polar surface area (TPSA) is 9.23 Å². The van der Waals surface area contributed by atoms with Crippen LogP contribution in [0.3, 0.4) is 0 Å². The van der Waals surface area contributed by atoms with Gasteiger partial charge in [-0.05, 0) is 18.1 Å². The number of halogens is 2. The average Bonchev–Trinajstić information content (AvgIpc) is 2.04. The maximum absolute atomic E-state index is 5.82. The minimum Gasteiger partial charge on any atom is -0.474 e. The number of hydrogen-bond acceptors (Lipinski definition) is 1. The number of hydrogen-bond donors (Lipinski definition) is 0. The maximum Gasteiger partial charge on any atom is 0.172 e. The van der Waals surface area contributed by atoms with Gasteiger partial charge in [-0.3, -0.25) is 0 Å². The van der Waals surface area contributed by atoms with Gasteiger partial charge >= 0.3 is 0 Å². The molecule has 0 spiro atoms. The molecule has 2 rings (SSSR count). The van der Waals surface area contributed by atoms with E-state index in [1.165, 1.54) is 5.56 Å². The number of rotatable bonds is 0. The lowest BCUT2D eigenvalue weighted by Crippen LogP contribution is -2.16. The highest BCUT2D eigenvalue weighted by Gasteiger charge is 2.15. The largest absolute Gasteiger partial charge is 0.474 e. The Balaban J connectivity index is 0.000000720. The van der Waals surface area contributed by atoms with Crippen molar-refractivity contribution in [3.05, 3.63) is 29.8 Å². The van der Waals surface area contributed by atoms with Crippen LogP contribution in [0.1, 0.15) is 12.0 Å². The van der Waals surface area contributed by atoms with Crippen LogP contribution in [0.25, 0.3) is 0 Å². The molecule has 0 N–H and O–H groups in total. The highest BCUT2D eigenvalue weighted by atomic mass is 35.5. The van der Waals surface area contributed by atoms with E-state index in [2.05, 4.69) is 6.07 Å². The van der Waals surface area contributed by atoms with Crippen molar-refractivity contribution in [2.45, 2.75) is 18.4 Å². The Hall–Kier alpha value is -0.400. The summed E-state index contributed by atoms with van der Waals surface area (Å²) in [5.41, 5.74) is 1.13. The lowest BCUT2D eigenvalue weighted by molar-refractivity contribution is 0.249. The molecule has 0 aromatic heterocycles. The number of alkyl halides is 1. The maximum atomic E-state index is 5.82. The summed E-state index contributed by atoms with van der Waals surface area (Å²) in [5.74, 6) is 0.943. The van der Waals surface area contributed by atoms with Crippen LogP contribution in [-0.2, 0) is 6.42 Å². The zero-order valence-corrected chi connectivity index (χ0v) is 8.07. The van der Waals surface area contributed by atoms with Gasteiger partial charge in [0.1, 0.15) is 5.75 Å². The van der Waals surface area contributed by atoms with Crippen molar-refractivity contribution < 1.29 is 4.74 Å². The molecule has 0 bridgehead atoms. The van der Waals surface area contributed by atoms with Crippen molar-refractivity contribution in [1.82, 2.24) is 0 Å². The molecule has 1 aliphatic heterocycles. The van der Waals surface area contributed by atoms with Crippen LogP contribution in [0.5, 0.6) is 5.75 Å². The number of para-hydroxylation sites is 1. The molecule has 1 heterocycles. The van der Waals surface area contributed by atoms with E-state index >= 15 is 0 Å². The smallest absolute Gasteiger partial charge is 0.172 e. The van der Waals surface area contributed by atoms with Crippen LogP contribution in [-0.4, -0.2) is 5.56 Å². The van der Waals surface area contributed by atoms with E-state index in [1.807, 2.05) is 18.2 Å². The van der Waals surface area contributed by atoms with Crippen molar-refractivity contribution in [2.75, 3.05) is 0 Å². The molecular formula is C9H10Cl2O. The van der Waals surface area contributed by atoms with E-state index in [1.54, 1.807) is 0 Å². The molecule has 0 saturated carbocycles. The van der Waals surface area contributed by atoms with Crippen LogP contribution < -0.4 is 4.74 Å². The molecule has 1 aliphatic rings. The van der Waals surface area contributed by atoms with Gasteiger partial charge in [0.2, 0.25) is 0 Å². The Morgan fingerprint density at radius 2 is 2.08 bits per heavy atom. The molecule has 0 radical (unpaired) electrons. The summed E-state index contributed by atoms with van der Waals surface area (Å²) in [7, 11) is 0. The van der Waals surface area contributed by atoms with E-state index < -0.39 is 0 Å². The molecule has 0 saturated heterocycles. The number of ether oxygens (including phenoxy) is 1. The summed E-state index contributed by atoms with van der Waals surface area (Å²) in [6, 6.07) is 8.03. The van der Waals surface area contributed by atoms with Crippen molar-refractivity contribution >= 4 is 24.0 Å². The van der Waals surface area contributed by atoms with Gasteiger partial charge in [0.05, 0.1) is 0 Å². The number of benzene rings is 1. The highest BCUT2D eigenvalue weighted by molar-refractivity contribution is 6.19. The molecule has 1 unspecified atom stereocenters. The molecule has 66 valence electrons. The van der Waals surface area contributed by atoms with Gasteiger partial charge in [-0.2, -0.15) is 0 Å². The second-order valence-electron chi connectivity index (χ2n) is 2.67. The number of fused-ring (bicyclic) bond motifs is 1. The van der Waals surface area contributed by atoms with Crippen molar-refractivity contribution in [3.8, 4) is 5.75 Å². The van der Waals surface area contributed by atoms with Gasteiger partial charge in [-0.15, -0.1) is 12.4 Å². The molecule has 0 amide bonds. The Labute approximate surface area is 83.1 Å². The fourth-order valence-electron chi connectivity index (χ4n) is 1.29. The summed E-state index contributed by atoms with van der Waals surface area (Å²) in [5, 5.41) is 0. The Bertz CT molecular complexity index is 262. The third-order valence-electron chi connectivity index (χ3n) is 1.87. The molecule has 0 aliphatic carbocycles. The van der Waals surface area contributed by atoms with Gasteiger partial charge in [0.15, 0.2) is 5.56 Å². The van der Waals surface area contributed by atoms with Gasteiger partial charge in [0, 0.05) is 6.42 Å². The molecule has 1 aromatic rings. The van der Waals surface area contributed by atoms with Crippen molar-refractivity contribution in [1.29, 1.82) is 0 Å². The van der Waals surface area contributed by atoms with E-state index in [0.717, 1.165) is 18.6 Å². The summed E-state index contributed by atoms with van der Waals surface area (Å²) in [4.78, 5) is 0. The first kappa shape index (κ1) is 9.69. The zero-order chi connectivity index (χ0) is 7.68. The summed E-state index contributed by atoms with van der Waals surface area (Å²) in [6.07, 6.45) is 1.95. The third kappa shape index (κ3) is 1.85. The Kier molecular flexibility index (Phi) is 3.24. The minimum atomic E-state index is -0.134. The second kappa shape index (κ2) is 4.01. The number of aryl methyl sites for hydroxylation is 1. The van der Waals surface area contributed by atoms with Crippen LogP contribution >= 0.6 is 24.0 Å². The first-order valence-electron chi connectivity index (χ1n) is 3.75. The van der Waals surface area contributed by atoms with E-state index in [0.29, 0.717) is 0 Å². The zero-order valence-electron chi connectivity index (χ0n) is 6.50. The molecule has 3 heteroatoms. The van der Waals surface area contributed by atoms with Crippen LogP contribution in [0, 0.1) is 0 Å². The predicted molar refractivity (Wildman–Crippen MR) is 52.3 cm³/mol. The normalized spacial score (nSPS) is 20.2. The predicted octanol–water partition coefficient (Wildman–Crippen LogP) is 3.00. The molecule has 1 aromatic carbocycles. The lowest BCUT2D eigenvalue weighted by Gasteiger charge is -2.20. The molecule has 1 atom stereocenters. The standard InChI is InChI=1S/C9H9ClO.ClH/c10-9-6-5-7-3-1-2-4-8(7)11-9;/h1-4,9H,5-6H2;1H. The van der Waals surface area contributed by atoms with Gasteiger partial charge in [-0.25, -0.2) is 0 Å². The summed E-state index contributed by atoms with van der Waals surface area (Å²) < 4.78 is 5.40. The summed E-state index contributed by atoms with van der Waals surface area (Å²) in [6.45, 7) is 0. The Morgan fingerprint density at radius 1 is 1.33 bits per heavy atom. The third-order valence-corrected chi connectivity index (χ3v) is 2.18.